The van der Waals surface area contributed by atoms with Crippen molar-refractivity contribution in [2.45, 2.75) is 32.9 Å². The summed E-state index contributed by atoms with van der Waals surface area (Å²) >= 11 is 12.5. The average Bonchev–Trinajstić information content (AvgIpc) is 2.77. The molecular weight excluding hydrogens is 295 g/mol. The number of halogens is 2. The first-order chi connectivity index (χ1) is 9.58. The van der Waals surface area contributed by atoms with E-state index in [4.69, 9.17) is 29.0 Å². The molecule has 0 saturated heterocycles. The molecule has 3 N–H and O–H groups in total. The van der Waals surface area contributed by atoms with Gasteiger partial charge in [0.2, 0.25) is 0 Å². The first-order valence-electron chi connectivity index (χ1n) is 6.51. The maximum Gasteiger partial charge on any atom is 0.0894 e. The van der Waals surface area contributed by atoms with Gasteiger partial charge in [-0.3, -0.25) is 10.5 Å². The highest BCUT2D eigenvalue weighted by Gasteiger charge is 2.21. The molecule has 0 spiro atoms. The number of benzene rings is 1. The van der Waals surface area contributed by atoms with Gasteiger partial charge in [-0.25, -0.2) is 5.43 Å². The molecule has 1 aromatic heterocycles. The zero-order valence-corrected chi connectivity index (χ0v) is 13.0. The fourth-order valence-electron chi connectivity index (χ4n) is 2.17. The van der Waals surface area contributed by atoms with E-state index in [1.807, 2.05) is 29.8 Å². The summed E-state index contributed by atoms with van der Waals surface area (Å²) in [5.74, 6) is 5.73. The molecule has 2 rings (SSSR count). The highest BCUT2D eigenvalue weighted by molar-refractivity contribution is 6.31. The average molecular weight is 313 g/mol. The van der Waals surface area contributed by atoms with Gasteiger partial charge >= 0.3 is 0 Å². The summed E-state index contributed by atoms with van der Waals surface area (Å²) in [7, 11) is 0. The Hall–Kier alpha value is -1.07. The first-order valence-corrected chi connectivity index (χ1v) is 7.27. The Balaban J connectivity index is 2.46. The number of nitrogens with two attached hydrogens (primary N) is 1. The molecule has 0 aliphatic carbocycles. The topological polar surface area (TPSA) is 55.9 Å². The van der Waals surface area contributed by atoms with Gasteiger partial charge in [0, 0.05) is 11.6 Å². The number of aryl methyl sites for hydroxylation is 2. The first kappa shape index (κ1) is 15.3. The minimum absolute atomic E-state index is 0.241. The lowest BCUT2D eigenvalue weighted by Crippen LogP contribution is -2.31. The van der Waals surface area contributed by atoms with E-state index in [0.29, 0.717) is 10.0 Å². The Morgan fingerprint density at radius 2 is 2.10 bits per heavy atom. The van der Waals surface area contributed by atoms with Crippen LogP contribution in [0.25, 0.3) is 0 Å². The lowest BCUT2D eigenvalue weighted by molar-refractivity contribution is 0.521. The summed E-state index contributed by atoms with van der Waals surface area (Å²) in [6, 6.07) is 5.62. The number of hydrogen-bond acceptors (Lipinski definition) is 3. The number of nitrogens with one attached hydrogen (secondary N) is 1. The second-order valence-corrected chi connectivity index (χ2v) is 5.52. The highest BCUT2D eigenvalue weighted by atomic mass is 35.5. The van der Waals surface area contributed by atoms with Gasteiger partial charge in [-0.1, -0.05) is 42.3 Å². The van der Waals surface area contributed by atoms with Crippen molar-refractivity contribution in [2.24, 2.45) is 5.84 Å². The molecule has 1 aromatic carbocycles. The third-order valence-electron chi connectivity index (χ3n) is 3.24. The largest absolute Gasteiger partial charge is 0.271 e. The maximum absolute atomic E-state index is 6.26. The van der Waals surface area contributed by atoms with E-state index >= 15 is 0 Å². The Morgan fingerprint density at radius 1 is 1.35 bits per heavy atom. The molecule has 0 amide bonds. The lowest BCUT2D eigenvalue weighted by Gasteiger charge is -2.19. The van der Waals surface area contributed by atoms with Crippen LogP contribution in [0.2, 0.25) is 10.0 Å². The molecule has 0 aliphatic heterocycles. The van der Waals surface area contributed by atoms with Crippen molar-refractivity contribution in [3.8, 4) is 0 Å². The van der Waals surface area contributed by atoms with Crippen molar-refractivity contribution in [3.05, 3.63) is 51.3 Å². The van der Waals surface area contributed by atoms with E-state index in [-0.39, 0.29) is 6.04 Å². The minimum atomic E-state index is -0.241. The van der Waals surface area contributed by atoms with Crippen LogP contribution >= 0.6 is 23.2 Å². The molecular formula is C14H18Cl2N4. The predicted octanol–water partition coefficient (Wildman–Crippen LogP) is 3.46. The number of hydrogen-bond donors (Lipinski definition) is 2. The predicted molar refractivity (Wildman–Crippen MR) is 82.9 cm³/mol. The molecule has 4 nitrogen and oxygen atoms in total. The number of nitrogens with zero attached hydrogens (tertiary/aromatic N) is 2. The molecule has 1 atom stereocenters. The molecule has 20 heavy (non-hydrogen) atoms. The van der Waals surface area contributed by atoms with Crippen molar-refractivity contribution in [3.63, 3.8) is 0 Å². The minimum Gasteiger partial charge on any atom is -0.271 e. The van der Waals surface area contributed by atoms with Crippen LogP contribution in [0.3, 0.4) is 0 Å². The van der Waals surface area contributed by atoms with E-state index in [9.17, 15) is 0 Å². The molecule has 2 aromatic rings. The fourth-order valence-corrected chi connectivity index (χ4v) is 2.61. The van der Waals surface area contributed by atoms with Gasteiger partial charge in [0.05, 0.1) is 23.0 Å². The van der Waals surface area contributed by atoms with Gasteiger partial charge in [-0.2, -0.15) is 5.10 Å². The van der Waals surface area contributed by atoms with Crippen LogP contribution in [-0.4, -0.2) is 9.78 Å². The van der Waals surface area contributed by atoms with Gasteiger partial charge in [0.25, 0.3) is 0 Å². The Morgan fingerprint density at radius 3 is 2.70 bits per heavy atom. The van der Waals surface area contributed by atoms with Crippen LogP contribution in [0.5, 0.6) is 0 Å². The van der Waals surface area contributed by atoms with Crippen LogP contribution in [0.15, 0.2) is 24.4 Å². The molecule has 1 unspecified atom stereocenters. The zero-order chi connectivity index (χ0) is 14.7. The smallest absolute Gasteiger partial charge is 0.0894 e. The summed E-state index contributed by atoms with van der Waals surface area (Å²) in [6.45, 7) is 4.85. The number of rotatable bonds is 5. The van der Waals surface area contributed by atoms with Crippen molar-refractivity contribution in [2.75, 3.05) is 0 Å². The number of aromatic nitrogens is 2. The van der Waals surface area contributed by atoms with Gasteiger partial charge < -0.3 is 0 Å². The van der Waals surface area contributed by atoms with Crippen LogP contribution in [0.4, 0.5) is 0 Å². The van der Waals surface area contributed by atoms with Crippen molar-refractivity contribution >= 4 is 23.2 Å². The summed E-state index contributed by atoms with van der Waals surface area (Å²) in [5.41, 5.74) is 5.65. The van der Waals surface area contributed by atoms with Gasteiger partial charge in [0.15, 0.2) is 0 Å². The molecule has 0 aliphatic rings. The summed E-state index contributed by atoms with van der Waals surface area (Å²) in [6.07, 6.45) is 2.61. The van der Waals surface area contributed by atoms with E-state index in [1.54, 1.807) is 6.20 Å². The lowest BCUT2D eigenvalue weighted by atomic mass is 10.0. The molecule has 0 radical (unpaired) electrons. The highest BCUT2D eigenvalue weighted by Crippen LogP contribution is 2.30. The van der Waals surface area contributed by atoms with Gasteiger partial charge in [-0.05, 0) is 30.5 Å². The summed E-state index contributed by atoms with van der Waals surface area (Å²) < 4.78 is 1.88. The molecule has 0 bridgehead atoms. The number of hydrazine groups is 1. The van der Waals surface area contributed by atoms with E-state index in [1.165, 1.54) is 0 Å². The third kappa shape index (κ3) is 2.99. The van der Waals surface area contributed by atoms with Crippen molar-refractivity contribution in [1.82, 2.24) is 15.2 Å². The fraction of sp³-hybridized carbons (Fsp3) is 0.357. The molecule has 0 saturated carbocycles. The van der Waals surface area contributed by atoms with Crippen LogP contribution in [-0.2, 0) is 6.54 Å². The summed E-state index contributed by atoms with van der Waals surface area (Å²) in [5, 5.41) is 5.60. The Bertz CT molecular complexity index is 595. The van der Waals surface area contributed by atoms with Crippen molar-refractivity contribution in [1.29, 1.82) is 0 Å². The third-order valence-corrected chi connectivity index (χ3v) is 3.94. The molecule has 108 valence electrons. The van der Waals surface area contributed by atoms with Crippen LogP contribution in [0.1, 0.15) is 36.2 Å². The Kier molecular flexibility index (Phi) is 5.05. The van der Waals surface area contributed by atoms with Crippen LogP contribution < -0.4 is 11.3 Å². The van der Waals surface area contributed by atoms with E-state index in [0.717, 1.165) is 29.8 Å². The van der Waals surface area contributed by atoms with E-state index in [2.05, 4.69) is 17.4 Å². The standard InChI is InChI=1S/C14H18Cl2N4/c1-3-6-20-14(12(16)8-18-20)13(19-17)10-5-4-9(2)11(15)7-10/h4-5,7-8,13,19H,3,6,17H2,1-2H3. The molecule has 0 fully saturated rings. The van der Waals surface area contributed by atoms with Gasteiger partial charge in [-0.15, -0.1) is 0 Å². The Labute approximate surface area is 128 Å². The molecule has 1 heterocycles. The maximum atomic E-state index is 6.26. The normalized spacial score (nSPS) is 12.7. The summed E-state index contributed by atoms with van der Waals surface area (Å²) in [4.78, 5) is 0. The molecule has 6 heteroatoms. The quantitative estimate of drug-likeness (QED) is 0.656. The second kappa shape index (κ2) is 6.59. The SMILES string of the molecule is CCCn1ncc(Cl)c1C(NN)c1ccc(C)c(Cl)c1. The van der Waals surface area contributed by atoms with Crippen LogP contribution in [0, 0.1) is 6.92 Å². The van der Waals surface area contributed by atoms with E-state index < -0.39 is 0 Å². The second-order valence-electron chi connectivity index (χ2n) is 4.71. The van der Waals surface area contributed by atoms with Gasteiger partial charge in [0.1, 0.15) is 0 Å². The zero-order valence-electron chi connectivity index (χ0n) is 11.5. The van der Waals surface area contributed by atoms with Crippen molar-refractivity contribution < 1.29 is 0 Å². The monoisotopic (exact) mass is 312 g/mol.